The normalized spacial score (nSPS) is 17.0. The highest BCUT2D eigenvalue weighted by molar-refractivity contribution is 14.0. The zero-order chi connectivity index (χ0) is 21.2. The van der Waals surface area contributed by atoms with Crippen LogP contribution in [-0.4, -0.2) is 61.1 Å². The topological polar surface area (TPSA) is 61.8 Å². The molecule has 0 bridgehead atoms. The van der Waals surface area contributed by atoms with Crippen molar-refractivity contribution in [2.45, 2.75) is 65.1 Å². The van der Waals surface area contributed by atoms with Gasteiger partial charge >= 0.3 is 0 Å². The average molecular weight is 539 g/mol. The Balaban J connectivity index is 0.00000450. The second-order valence-corrected chi connectivity index (χ2v) is 8.10. The lowest BCUT2D eigenvalue weighted by Crippen LogP contribution is -2.49. The smallest absolute Gasteiger partial charge is 0.251 e. The maximum absolute atomic E-state index is 12.5. The zero-order valence-corrected chi connectivity index (χ0v) is 20.7. The molecule has 6 nitrogen and oxygen atoms in total. The molecule has 0 spiro atoms. The van der Waals surface area contributed by atoms with Crippen molar-refractivity contribution in [2.24, 2.45) is 10.9 Å². The molecule has 1 aromatic rings. The first-order valence-electron chi connectivity index (χ1n) is 10.4. The van der Waals surface area contributed by atoms with Gasteiger partial charge in [-0.1, -0.05) is 13.8 Å². The second kappa shape index (κ2) is 14.0. The number of likely N-dealkylation sites (tertiary alicyclic amines) is 1. The Bertz CT molecular complexity index is 640. The highest BCUT2D eigenvalue weighted by Crippen LogP contribution is 2.15. The summed E-state index contributed by atoms with van der Waals surface area (Å²) in [6, 6.07) is 4.13. The highest BCUT2D eigenvalue weighted by atomic mass is 127. The number of guanidine groups is 1. The molecule has 2 heterocycles. The Kier molecular flexibility index (Phi) is 12.5. The molecule has 2 rings (SSSR count). The second-order valence-electron chi connectivity index (χ2n) is 8.10. The van der Waals surface area contributed by atoms with Gasteiger partial charge < -0.3 is 15.4 Å². The van der Waals surface area contributed by atoms with E-state index in [0.29, 0.717) is 37.4 Å². The predicted molar refractivity (Wildman–Crippen MR) is 128 cm³/mol. The van der Waals surface area contributed by atoms with Crippen molar-refractivity contribution >= 4 is 29.9 Å². The lowest BCUT2D eigenvalue weighted by atomic mass is 10.1. The van der Waals surface area contributed by atoms with Crippen LogP contribution in [0.5, 0.6) is 5.88 Å². The van der Waals surface area contributed by atoms with Crippen molar-refractivity contribution in [3.05, 3.63) is 23.9 Å². The molecule has 2 N–H and O–H groups in total. The first-order valence-corrected chi connectivity index (χ1v) is 10.4. The highest BCUT2D eigenvalue weighted by Gasteiger charge is 2.22. The summed E-state index contributed by atoms with van der Waals surface area (Å²) >= 11 is 0. The number of pyridine rings is 1. The molecule has 1 atom stereocenters. The summed E-state index contributed by atoms with van der Waals surface area (Å²) in [6.45, 7) is 8.23. The number of nitrogens with one attached hydrogen (secondary N) is 2. The molecular weight excluding hydrogens is 503 g/mol. The standard InChI is InChI=1S/C21H35F2N5O.HI/c1-15(2)11-16(3)29-20-12-17(5-8-25-20)13-26-21(24-4)27-18-6-9-28(10-7-18)14-19(22)23;/h5,8,12,15-16,18-19H,6-7,9-11,13-14H2,1-4H3,(H2,24,26,27);1H. The molecule has 1 unspecified atom stereocenters. The SMILES string of the molecule is CN=C(NCc1ccnc(OC(C)CC(C)C)c1)NC1CCN(CC(F)F)CC1.I. The van der Waals surface area contributed by atoms with Crippen LogP contribution in [0.15, 0.2) is 23.3 Å². The summed E-state index contributed by atoms with van der Waals surface area (Å²) < 4.78 is 30.9. The minimum atomic E-state index is -2.27. The van der Waals surface area contributed by atoms with E-state index in [1.54, 1.807) is 13.2 Å². The molecule has 0 aliphatic carbocycles. The van der Waals surface area contributed by atoms with Crippen molar-refractivity contribution in [3.8, 4) is 5.88 Å². The maximum Gasteiger partial charge on any atom is 0.251 e. The van der Waals surface area contributed by atoms with Gasteiger partial charge in [0.2, 0.25) is 5.88 Å². The molecule has 1 aliphatic rings. The van der Waals surface area contributed by atoms with Gasteiger partial charge in [-0.15, -0.1) is 24.0 Å². The largest absolute Gasteiger partial charge is 0.475 e. The number of piperidine rings is 1. The third-order valence-electron chi connectivity index (χ3n) is 4.93. The number of aromatic nitrogens is 1. The molecular formula is C21H36F2IN5O. The van der Waals surface area contributed by atoms with E-state index < -0.39 is 6.43 Å². The van der Waals surface area contributed by atoms with E-state index >= 15 is 0 Å². The number of ether oxygens (including phenoxy) is 1. The third-order valence-corrected chi connectivity index (χ3v) is 4.93. The van der Waals surface area contributed by atoms with Crippen LogP contribution < -0.4 is 15.4 Å². The molecule has 0 amide bonds. The van der Waals surface area contributed by atoms with E-state index in [1.165, 1.54) is 0 Å². The minimum Gasteiger partial charge on any atom is -0.475 e. The average Bonchev–Trinajstić information content (AvgIpc) is 2.65. The first-order chi connectivity index (χ1) is 13.9. The number of alkyl halides is 2. The van der Waals surface area contributed by atoms with Gasteiger partial charge in [0.1, 0.15) is 0 Å². The Labute approximate surface area is 196 Å². The van der Waals surface area contributed by atoms with Crippen LogP contribution in [0.3, 0.4) is 0 Å². The van der Waals surface area contributed by atoms with Crippen LogP contribution in [0.1, 0.15) is 45.6 Å². The van der Waals surface area contributed by atoms with Gasteiger partial charge in [-0.05, 0) is 43.7 Å². The van der Waals surface area contributed by atoms with Gasteiger partial charge in [0.25, 0.3) is 6.43 Å². The lowest BCUT2D eigenvalue weighted by Gasteiger charge is -2.32. The Morgan fingerprint density at radius 2 is 2.00 bits per heavy atom. The van der Waals surface area contributed by atoms with Crippen LogP contribution in [0.4, 0.5) is 8.78 Å². The van der Waals surface area contributed by atoms with Crippen molar-refractivity contribution in [2.75, 3.05) is 26.7 Å². The van der Waals surface area contributed by atoms with Crippen LogP contribution in [0.2, 0.25) is 0 Å². The van der Waals surface area contributed by atoms with Crippen molar-refractivity contribution in [3.63, 3.8) is 0 Å². The van der Waals surface area contributed by atoms with Crippen molar-refractivity contribution < 1.29 is 13.5 Å². The van der Waals surface area contributed by atoms with Crippen molar-refractivity contribution in [1.82, 2.24) is 20.5 Å². The van der Waals surface area contributed by atoms with Gasteiger partial charge in [-0.2, -0.15) is 0 Å². The van der Waals surface area contributed by atoms with Gasteiger partial charge in [0.15, 0.2) is 5.96 Å². The fourth-order valence-corrected chi connectivity index (χ4v) is 3.57. The summed E-state index contributed by atoms with van der Waals surface area (Å²) in [6.07, 6.45) is 2.25. The molecule has 1 saturated heterocycles. The maximum atomic E-state index is 12.5. The number of aliphatic imine (C=N–C) groups is 1. The van der Waals surface area contributed by atoms with E-state index in [9.17, 15) is 8.78 Å². The van der Waals surface area contributed by atoms with Gasteiger partial charge in [-0.3, -0.25) is 9.89 Å². The molecule has 0 aromatic carbocycles. The molecule has 1 aromatic heterocycles. The summed E-state index contributed by atoms with van der Waals surface area (Å²) in [5.74, 6) is 1.92. The Morgan fingerprint density at radius 3 is 2.60 bits per heavy atom. The number of nitrogens with zero attached hydrogens (tertiary/aromatic N) is 3. The summed E-state index contributed by atoms with van der Waals surface area (Å²) in [7, 11) is 1.73. The van der Waals surface area contributed by atoms with Crippen LogP contribution >= 0.6 is 24.0 Å². The lowest BCUT2D eigenvalue weighted by molar-refractivity contribution is 0.0744. The van der Waals surface area contributed by atoms with E-state index in [4.69, 9.17) is 4.74 Å². The third kappa shape index (κ3) is 10.2. The molecule has 1 aliphatic heterocycles. The quantitative estimate of drug-likeness (QED) is 0.283. The van der Waals surface area contributed by atoms with Crippen LogP contribution in [0, 0.1) is 5.92 Å². The monoisotopic (exact) mass is 539 g/mol. The molecule has 0 radical (unpaired) electrons. The predicted octanol–water partition coefficient (Wildman–Crippen LogP) is 3.91. The molecule has 0 saturated carbocycles. The Morgan fingerprint density at radius 1 is 1.30 bits per heavy atom. The van der Waals surface area contributed by atoms with Gasteiger partial charge in [-0.25, -0.2) is 13.8 Å². The van der Waals surface area contributed by atoms with E-state index in [-0.39, 0.29) is 42.7 Å². The van der Waals surface area contributed by atoms with Crippen LogP contribution in [-0.2, 0) is 6.54 Å². The summed E-state index contributed by atoms with van der Waals surface area (Å²) in [4.78, 5) is 10.4. The Hall–Kier alpha value is -1.23. The first kappa shape index (κ1) is 26.8. The minimum absolute atomic E-state index is 0. The molecule has 9 heteroatoms. The molecule has 30 heavy (non-hydrogen) atoms. The fraction of sp³-hybridized carbons (Fsp3) is 0.714. The van der Waals surface area contributed by atoms with E-state index in [1.807, 2.05) is 17.0 Å². The van der Waals surface area contributed by atoms with E-state index in [0.717, 1.165) is 24.8 Å². The van der Waals surface area contributed by atoms with Gasteiger partial charge in [0, 0.05) is 45.0 Å². The van der Waals surface area contributed by atoms with Crippen LogP contribution in [0.25, 0.3) is 0 Å². The fourth-order valence-electron chi connectivity index (χ4n) is 3.57. The molecule has 1 fully saturated rings. The molecule has 172 valence electrons. The van der Waals surface area contributed by atoms with Crippen molar-refractivity contribution in [1.29, 1.82) is 0 Å². The number of rotatable bonds is 9. The number of hydrogen-bond acceptors (Lipinski definition) is 4. The zero-order valence-electron chi connectivity index (χ0n) is 18.4. The van der Waals surface area contributed by atoms with E-state index in [2.05, 4.69) is 41.4 Å². The number of hydrogen-bond donors (Lipinski definition) is 2. The number of halogens is 3. The van der Waals surface area contributed by atoms with Gasteiger partial charge in [0.05, 0.1) is 12.6 Å². The summed E-state index contributed by atoms with van der Waals surface area (Å²) in [5, 5.41) is 6.71. The summed E-state index contributed by atoms with van der Waals surface area (Å²) in [5.41, 5.74) is 1.06.